The fraction of sp³-hybridized carbons (Fsp3) is 0.269. The third-order valence-corrected chi connectivity index (χ3v) is 7.45. The largest absolute Gasteiger partial charge is 0.324 e. The molecule has 1 aliphatic heterocycles. The number of hydrogen-bond acceptors (Lipinski definition) is 5. The normalized spacial score (nSPS) is 15.4. The summed E-state index contributed by atoms with van der Waals surface area (Å²) in [6.07, 6.45) is 1.12. The monoisotopic (exact) mass is 497 g/mol. The zero-order valence-electron chi connectivity index (χ0n) is 19.0. The molecule has 0 aliphatic carbocycles. The van der Waals surface area contributed by atoms with Gasteiger partial charge in [0.1, 0.15) is 0 Å². The van der Waals surface area contributed by atoms with Gasteiger partial charge in [0, 0.05) is 32.4 Å². The summed E-state index contributed by atoms with van der Waals surface area (Å²) in [4.78, 5) is 17.4. The Morgan fingerprint density at radius 3 is 2.00 bits per heavy atom. The lowest BCUT2D eigenvalue weighted by Crippen LogP contribution is -2.49. The van der Waals surface area contributed by atoms with Crippen LogP contribution in [0.3, 0.4) is 0 Å². The van der Waals surface area contributed by atoms with Gasteiger partial charge in [0.25, 0.3) is 0 Å². The summed E-state index contributed by atoms with van der Waals surface area (Å²) in [5.74, 6) is -0.219. The second kappa shape index (κ2) is 10.7. The number of rotatable bonds is 7. The molecule has 8 heteroatoms. The lowest BCUT2D eigenvalue weighted by molar-refractivity contribution is -0.117. The first kappa shape index (κ1) is 24.4. The second-order valence-electron chi connectivity index (χ2n) is 8.50. The van der Waals surface area contributed by atoms with Crippen LogP contribution >= 0.6 is 11.6 Å². The van der Waals surface area contributed by atoms with E-state index in [2.05, 4.69) is 63.6 Å². The molecule has 1 heterocycles. The highest BCUT2D eigenvalue weighted by atomic mass is 35.5. The third kappa shape index (κ3) is 6.04. The van der Waals surface area contributed by atoms with Gasteiger partial charge in [-0.1, -0.05) is 72.3 Å². The molecular formula is C26H28ClN3O3S. The van der Waals surface area contributed by atoms with Gasteiger partial charge in [-0.15, -0.1) is 0 Å². The minimum absolute atomic E-state index is 0.119. The van der Waals surface area contributed by atoms with Crippen molar-refractivity contribution in [2.75, 3.05) is 44.3 Å². The Hall–Kier alpha value is -2.71. The van der Waals surface area contributed by atoms with Gasteiger partial charge in [-0.2, -0.15) is 0 Å². The first-order chi connectivity index (χ1) is 16.3. The van der Waals surface area contributed by atoms with E-state index in [-0.39, 0.29) is 23.4 Å². The predicted molar refractivity (Wildman–Crippen MR) is 136 cm³/mol. The highest BCUT2D eigenvalue weighted by Crippen LogP contribution is 2.29. The lowest BCUT2D eigenvalue weighted by atomic mass is 9.96. The highest BCUT2D eigenvalue weighted by Gasteiger charge is 2.27. The average molecular weight is 498 g/mol. The Bertz CT molecular complexity index is 1190. The van der Waals surface area contributed by atoms with Crippen LogP contribution in [0.25, 0.3) is 0 Å². The molecule has 6 nitrogen and oxygen atoms in total. The first-order valence-electron chi connectivity index (χ1n) is 11.2. The van der Waals surface area contributed by atoms with Crippen molar-refractivity contribution in [3.8, 4) is 0 Å². The molecule has 1 amide bonds. The second-order valence-corrected chi connectivity index (χ2v) is 10.9. The Kier molecular flexibility index (Phi) is 7.68. The zero-order valence-corrected chi connectivity index (χ0v) is 20.6. The minimum atomic E-state index is -3.39. The summed E-state index contributed by atoms with van der Waals surface area (Å²) in [6, 6.07) is 25.4. The maximum atomic E-state index is 12.7. The number of benzene rings is 3. The van der Waals surface area contributed by atoms with E-state index in [0.717, 1.165) is 32.4 Å². The summed E-state index contributed by atoms with van der Waals surface area (Å²) in [6.45, 7) is 3.37. The van der Waals surface area contributed by atoms with E-state index in [4.69, 9.17) is 11.6 Å². The lowest BCUT2D eigenvalue weighted by Gasteiger charge is -2.39. The molecule has 0 radical (unpaired) electrons. The molecule has 4 rings (SSSR count). The van der Waals surface area contributed by atoms with Crippen LogP contribution in [0.1, 0.15) is 17.2 Å². The van der Waals surface area contributed by atoms with Crippen molar-refractivity contribution < 1.29 is 13.2 Å². The van der Waals surface area contributed by atoms with Crippen molar-refractivity contribution in [1.82, 2.24) is 9.80 Å². The van der Waals surface area contributed by atoms with E-state index in [1.807, 2.05) is 12.1 Å². The molecular weight excluding hydrogens is 470 g/mol. The number of hydrogen-bond donors (Lipinski definition) is 1. The molecule has 1 aliphatic rings. The molecule has 3 aromatic rings. The van der Waals surface area contributed by atoms with E-state index in [1.165, 1.54) is 29.3 Å². The van der Waals surface area contributed by atoms with Crippen molar-refractivity contribution in [2.45, 2.75) is 10.9 Å². The quantitative estimate of drug-likeness (QED) is 0.532. The Balaban J connectivity index is 1.39. The maximum Gasteiger partial charge on any atom is 0.238 e. The average Bonchev–Trinajstić information content (AvgIpc) is 2.82. The van der Waals surface area contributed by atoms with Gasteiger partial charge < -0.3 is 5.32 Å². The Morgan fingerprint density at radius 1 is 0.912 bits per heavy atom. The van der Waals surface area contributed by atoms with Crippen LogP contribution in [-0.2, 0) is 14.6 Å². The van der Waals surface area contributed by atoms with E-state index >= 15 is 0 Å². The molecule has 0 aromatic heterocycles. The molecule has 1 N–H and O–H groups in total. The van der Waals surface area contributed by atoms with Crippen LogP contribution in [0.4, 0.5) is 5.69 Å². The van der Waals surface area contributed by atoms with Crippen molar-refractivity contribution in [1.29, 1.82) is 0 Å². The predicted octanol–water partition coefficient (Wildman–Crippen LogP) is 4.09. The van der Waals surface area contributed by atoms with Gasteiger partial charge in [-0.25, -0.2) is 8.42 Å². The summed E-state index contributed by atoms with van der Waals surface area (Å²) >= 11 is 6.17. The highest BCUT2D eigenvalue weighted by molar-refractivity contribution is 7.90. The summed E-state index contributed by atoms with van der Waals surface area (Å²) in [5, 5.41) is 3.07. The van der Waals surface area contributed by atoms with Gasteiger partial charge in [-0.3, -0.25) is 14.6 Å². The fourth-order valence-electron chi connectivity index (χ4n) is 4.29. The molecule has 0 bridgehead atoms. The molecule has 0 unspecified atom stereocenters. The van der Waals surface area contributed by atoms with Crippen LogP contribution in [-0.4, -0.2) is 63.1 Å². The standard InChI is InChI=1S/C26H28ClN3O3S/c1-34(32,33)22-12-13-23(27)24(18-22)28-25(31)19-29-14-16-30(17-15-29)26(20-8-4-2-5-9-20)21-10-6-3-7-11-21/h2-13,18,26H,14-17,19H2,1H3,(H,28,31). The molecule has 34 heavy (non-hydrogen) atoms. The molecule has 0 saturated carbocycles. The SMILES string of the molecule is CS(=O)(=O)c1ccc(Cl)c(NC(=O)CN2CCN(C(c3ccccc3)c3ccccc3)CC2)c1. The van der Waals surface area contributed by atoms with Crippen molar-refractivity contribution >= 4 is 33.0 Å². The number of halogens is 1. The minimum Gasteiger partial charge on any atom is -0.324 e. The Labute approximate surface area is 206 Å². The molecule has 1 fully saturated rings. The van der Waals surface area contributed by atoms with E-state index < -0.39 is 9.84 Å². The number of sulfone groups is 1. The van der Waals surface area contributed by atoms with Crippen LogP contribution in [0, 0.1) is 0 Å². The number of piperazine rings is 1. The van der Waals surface area contributed by atoms with E-state index in [0.29, 0.717) is 10.7 Å². The van der Waals surface area contributed by atoms with Crippen molar-refractivity contribution in [3.05, 3.63) is 95.0 Å². The number of carbonyl (C=O) groups is 1. The number of nitrogens with zero attached hydrogens (tertiary/aromatic N) is 2. The maximum absolute atomic E-state index is 12.7. The fourth-order valence-corrected chi connectivity index (χ4v) is 5.10. The van der Waals surface area contributed by atoms with E-state index in [1.54, 1.807) is 0 Å². The third-order valence-electron chi connectivity index (χ3n) is 6.01. The summed E-state index contributed by atoms with van der Waals surface area (Å²) in [7, 11) is -3.39. The van der Waals surface area contributed by atoms with Crippen LogP contribution in [0.2, 0.25) is 5.02 Å². The van der Waals surface area contributed by atoms with Crippen LogP contribution < -0.4 is 5.32 Å². The number of amides is 1. The van der Waals surface area contributed by atoms with Crippen LogP contribution in [0.5, 0.6) is 0 Å². The van der Waals surface area contributed by atoms with E-state index in [9.17, 15) is 13.2 Å². The molecule has 3 aromatic carbocycles. The van der Waals surface area contributed by atoms with Crippen molar-refractivity contribution in [3.63, 3.8) is 0 Å². The number of carbonyl (C=O) groups excluding carboxylic acids is 1. The summed E-state index contributed by atoms with van der Waals surface area (Å²) in [5.41, 5.74) is 2.81. The van der Waals surface area contributed by atoms with Gasteiger partial charge in [0.05, 0.1) is 28.2 Å². The smallest absolute Gasteiger partial charge is 0.238 e. The topological polar surface area (TPSA) is 69.7 Å². The Morgan fingerprint density at radius 2 is 1.47 bits per heavy atom. The van der Waals surface area contributed by atoms with Crippen molar-refractivity contribution in [2.24, 2.45) is 0 Å². The molecule has 178 valence electrons. The number of anilines is 1. The number of nitrogens with one attached hydrogen (secondary N) is 1. The van der Waals surface area contributed by atoms with Gasteiger partial charge in [-0.05, 0) is 29.3 Å². The molecule has 0 spiro atoms. The summed E-state index contributed by atoms with van der Waals surface area (Å²) < 4.78 is 23.6. The molecule has 1 saturated heterocycles. The zero-order chi connectivity index (χ0) is 24.1. The van der Waals surface area contributed by atoms with Gasteiger partial charge in [0.2, 0.25) is 5.91 Å². The van der Waals surface area contributed by atoms with Gasteiger partial charge >= 0.3 is 0 Å². The van der Waals surface area contributed by atoms with Gasteiger partial charge in [0.15, 0.2) is 9.84 Å². The van der Waals surface area contributed by atoms with Crippen LogP contribution in [0.15, 0.2) is 83.8 Å². The first-order valence-corrected chi connectivity index (χ1v) is 13.4. The molecule has 0 atom stereocenters.